The van der Waals surface area contributed by atoms with E-state index in [2.05, 4.69) is 27.9 Å². The van der Waals surface area contributed by atoms with Gasteiger partial charge in [0.1, 0.15) is 5.82 Å². The van der Waals surface area contributed by atoms with Crippen LogP contribution in [0.2, 0.25) is 0 Å². The van der Waals surface area contributed by atoms with Crippen molar-refractivity contribution in [2.75, 3.05) is 12.4 Å². The molecule has 0 spiro atoms. The number of hydrogen-bond donors (Lipinski definition) is 1. The second kappa shape index (κ2) is 8.88. The quantitative estimate of drug-likeness (QED) is 0.593. The Kier molecular flexibility index (Phi) is 6.02. The minimum absolute atomic E-state index is 0.0838. The number of esters is 1. The van der Waals surface area contributed by atoms with Crippen LogP contribution in [0.5, 0.6) is 0 Å². The lowest BCUT2D eigenvalue weighted by molar-refractivity contribution is -0.146. The first-order valence-electron chi connectivity index (χ1n) is 10.7. The van der Waals surface area contributed by atoms with Crippen molar-refractivity contribution in [2.24, 2.45) is 5.92 Å². The maximum Gasteiger partial charge on any atom is 0.308 e. The summed E-state index contributed by atoms with van der Waals surface area (Å²) >= 11 is 0. The first kappa shape index (κ1) is 21.0. The first-order valence-corrected chi connectivity index (χ1v) is 10.7. The normalized spacial score (nSPS) is 18.7. The number of benzene rings is 2. The average molecular weight is 423 g/mol. The number of ether oxygens (including phenoxy) is 1. The lowest BCUT2D eigenvalue weighted by atomic mass is 9.86. The predicted octanol–water partition coefficient (Wildman–Crippen LogP) is 4.89. The highest BCUT2D eigenvalue weighted by Crippen LogP contribution is 2.37. The van der Waals surface area contributed by atoms with E-state index in [0.29, 0.717) is 11.5 Å². The van der Waals surface area contributed by atoms with Crippen molar-refractivity contribution in [3.05, 3.63) is 59.4 Å². The molecule has 162 valence electrons. The summed E-state index contributed by atoms with van der Waals surface area (Å²) in [5.41, 5.74) is 3.33. The zero-order chi connectivity index (χ0) is 22.0. The second-order valence-electron chi connectivity index (χ2n) is 7.97. The van der Waals surface area contributed by atoms with Gasteiger partial charge in [-0.25, -0.2) is 9.37 Å². The number of aromatic nitrogens is 2. The number of imidazole rings is 1. The zero-order valence-corrected chi connectivity index (χ0v) is 17.7. The van der Waals surface area contributed by atoms with Crippen molar-refractivity contribution >= 4 is 28.9 Å². The molecule has 1 aliphatic carbocycles. The highest BCUT2D eigenvalue weighted by molar-refractivity contribution is 6.04. The summed E-state index contributed by atoms with van der Waals surface area (Å²) in [6.45, 7) is 2.10. The fraction of sp³-hybridized carbons (Fsp3) is 0.375. The van der Waals surface area contributed by atoms with E-state index in [1.54, 1.807) is 0 Å². The molecule has 0 aliphatic heterocycles. The van der Waals surface area contributed by atoms with Crippen molar-refractivity contribution in [1.82, 2.24) is 9.55 Å². The number of amides is 1. The van der Waals surface area contributed by atoms with Crippen LogP contribution in [-0.2, 0) is 16.0 Å². The fourth-order valence-electron chi connectivity index (χ4n) is 4.33. The van der Waals surface area contributed by atoms with Crippen molar-refractivity contribution in [1.29, 1.82) is 0 Å². The monoisotopic (exact) mass is 423 g/mol. The molecule has 7 heteroatoms. The number of hydrogen-bond acceptors (Lipinski definition) is 4. The Morgan fingerprint density at radius 1 is 1.13 bits per heavy atom. The molecular weight excluding hydrogens is 397 g/mol. The predicted molar refractivity (Wildman–Crippen MR) is 116 cm³/mol. The molecule has 1 amide bonds. The molecule has 0 radical (unpaired) electrons. The largest absolute Gasteiger partial charge is 0.469 e. The number of aryl methyl sites for hydroxylation is 1. The molecule has 1 N–H and O–H groups in total. The van der Waals surface area contributed by atoms with Crippen LogP contribution in [0.4, 0.5) is 10.3 Å². The molecule has 1 fully saturated rings. The highest BCUT2D eigenvalue weighted by Gasteiger charge is 2.30. The zero-order valence-electron chi connectivity index (χ0n) is 17.7. The summed E-state index contributed by atoms with van der Waals surface area (Å²) in [5, 5.41) is 2.91. The summed E-state index contributed by atoms with van der Waals surface area (Å²) in [6, 6.07) is 11.7. The van der Waals surface area contributed by atoms with Gasteiger partial charge in [-0.15, -0.1) is 0 Å². The van der Waals surface area contributed by atoms with Gasteiger partial charge in [-0.3, -0.25) is 14.9 Å². The van der Waals surface area contributed by atoms with Crippen LogP contribution in [0, 0.1) is 11.7 Å². The number of anilines is 1. The van der Waals surface area contributed by atoms with Crippen molar-refractivity contribution < 1.29 is 18.7 Å². The summed E-state index contributed by atoms with van der Waals surface area (Å²) in [4.78, 5) is 29.4. The molecule has 1 saturated carbocycles. The number of carbonyl (C=O) groups is 2. The number of methoxy groups -OCH3 is 1. The first-order chi connectivity index (χ1) is 15.0. The van der Waals surface area contributed by atoms with Crippen molar-refractivity contribution in [3.8, 4) is 0 Å². The van der Waals surface area contributed by atoms with Crippen LogP contribution >= 0.6 is 0 Å². The van der Waals surface area contributed by atoms with Gasteiger partial charge in [0.05, 0.1) is 24.1 Å². The van der Waals surface area contributed by atoms with Crippen LogP contribution in [0.3, 0.4) is 0 Å². The summed E-state index contributed by atoms with van der Waals surface area (Å²) in [7, 11) is 1.42. The van der Waals surface area contributed by atoms with E-state index in [1.165, 1.54) is 36.9 Å². The second-order valence-corrected chi connectivity index (χ2v) is 7.97. The number of nitrogens with zero attached hydrogens (tertiary/aromatic N) is 2. The minimum atomic E-state index is -0.391. The third kappa shape index (κ3) is 4.31. The SMILES string of the molecule is CCc1ccc2nc(NC(=O)c3ccc(F)cc3)n(C3CCC(C(=O)OC)CC3)c2c1. The maximum absolute atomic E-state index is 13.2. The number of rotatable bonds is 5. The van der Waals surface area contributed by atoms with E-state index in [9.17, 15) is 14.0 Å². The number of fused-ring (bicyclic) bond motifs is 1. The van der Waals surface area contributed by atoms with Gasteiger partial charge in [0.2, 0.25) is 5.95 Å². The fourth-order valence-corrected chi connectivity index (χ4v) is 4.33. The van der Waals surface area contributed by atoms with Gasteiger partial charge in [0.15, 0.2) is 0 Å². The van der Waals surface area contributed by atoms with Crippen LogP contribution in [-0.4, -0.2) is 28.5 Å². The Bertz CT molecular complexity index is 1100. The lowest BCUT2D eigenvalue weighted by Gasteiger charge is -2.29. The van der Waals surface area contributed by atoms with E-state index in [1.807, 2.05) is 12.1 Å². The molecule has 1 heterocycles. The third-order valence-electron chi connectivity index (χ3n) is 6.09. The molecule has 3 aromatic rings. The van der Waals surface area contributed by atoms with E-state index < -0.39 is 5.82 Å². The molecule has 1 aromatic heterocycles. The van der Waals surface area contributed by atoms with Gasteiger partial charge < -0.3 is 9.30 Å². The van der Waals surface area contributed by atoms with E-state index in [4.69, 9.17) is 4.74 Å². The minimum Gasteiger partial charge on any atom is -0.469 e. The number of carbonyl (C=O) groups excluding carboxylic acids is 2. The Labute approximate surface area is 180 Å². The molecule has 0 bridgehead atoms. The van der Waals surface area contributed by atoms with Crippen molar-refractivity contribution in [3.63, 3.8) is 0 Å². The highest BCUT2D eigenvalue weighted by atomic mass is 19.1. The van der Waals surface area contributed by atoms with E-state index in [0.717, 1.165) is 43.1 Å². The summed E-state index contributed by atoms with van der Waals surface area (Å²) < 4.78 is 20.2. The lowest BCUT2D eigenvalue weighted by Crippen LogP contribution is -2.26. The van der Waals surface area contributed by atoms with Gasteiger partial charge in [-0.05, 0) is 74.1 Å². The molecule has 0 atom stereocenters. The summed E-state index contributed by atoms with van der Waals surface area (Å²) in [6.07, 6.45) is 3.95. The van der Waals surface area contributed by atoms with Crippen molar-refractivity contribution in [2.45, 2.75) is 45.1 Å². The molecule has 6 nitrogen and oxygen atoms in total. The van der Waals surface area contributed by atoms with Gasteiger partial charge in [0, 0.05) is 11.6 Å². The van der Waals surface area contributed by atoms with E-state index in [-0.39, 0.29) is 23.8 Å². The number of nitrogens with one attached hydrogen (secondary N) is 1. The maximum atomic E-state index is 13.2. The molecule has 2 aromatic carbocycles. The summed E-state index contributed by atoms with van der Waals surface area (Å²) in [5.74, 6) is -0.501. The van der Waals surface area contributed by atoms with Gasteiger partial charge in [-0.1, -0.05) is 13.0 Å². The molecule has 31 heavy (non-hydrogen) atoms. The van der Waals surface area contributed by atoms with Gasteiger partial charge in [-0.2, -0.15) is 0 Å². The van der Waals surface area contributed by atoms with Crippen LogP contribution < -0.4 is 5.32 Å². The van der Waals surface area contributed by atoms with Crippen LogP contribution in [0.25, 0.3) is 11.0 Å². The molecule has 0 saturated heterocycles. The molecule has 0 unspecified atom stereocenters. The Morgan fingerprint density at radius 2 is 1.84 bits per heavy atom. The van der Waals surface area contributed by atoms with Gasteiger partial charge >= 0.3 is 5.97 Å². The average Bonchev–Trinajstić information content (AvgIpc) is 3.15. The molecular formula is C24H26FN3O3. The van der Waals surface area contributed by atoms with Crippen LogP contribution in [0.1, 0.15) is 54.6 Å². The Balaban J connectivity index is 1.67. The molecule has 1 aliphatic rings. The van der Waals surface area contributed by atoms with E-state index >= 15 is 0 Å². The smallest absolute Gasteiger partial charge is 0.308 e. The molecule has 4 rings (SSSR count). The standard InChI is InChI=1S/C24H26FN3O3/c1-3-15-4-13-20-21(14-15)28(19-11-7-17(8-12-19)23(30)31-2)24(26-20)27-22(29)16-5-9-18(25)10-6-16/h4-6,9-10,13-14,17,19H,3,7-8,11-12H2,1-2H3,(H,26,27,29). The van der Waals surface area contributed by atoms with Crippen LogP contribution in [0.15, 0.2) is 42.5 Å². The topological polar surface area (TPSA) is 73.2 Å². The Hall–Kier alpha value is -3.22. The van der Waals surface area contributed by atoms with Gasteiger partial charge in [0.25, 0.3) is 5.91 Å². The number of halogens is 1. The Morgan fingerprint density at radius 3 is 2.48 bits per heavy atom. The third-order valence-corrected chi connectivity index (χ3v) is 6.09.